The van der Waals surface area contributed by atoms with Gasteiger partial charge in [0.1, 0.15) is 12.4 Å². The van der Waals surface area contributed by atoms with Crippen LogP contribution in [0.15, 0.2) is 71.9 Å². The fraction of sp³-hybridized carbons (Fsp3) is 0.400. The summed E-state index contributed by atoms with van der Waals surface area (Å²) in [6, 6.07) is 16.7. The van der Waals surface area contributed by atoms with Gasteiger partial charge >= 0.3 is 5.97 Å². The van der Waals surface area contributed by atoms with Crippen molar-refractivity contribution in [2.45, 2.75) is 53.0 Å². The molecule has 5 heteroatoms. The molecule has 0 aliphatic heterocycles. The second-order valence-corrected chi connectivity index (χ2v) is 10.6. The average Bonchev–Trinajstić information content (AvgIpc) is 3.18. The molecule has 0 unspecified atom stereocenters. The molecule has 1 heterocycles. The van der Waals surface area contributed by atoms with Crippen LogP contribution in [0, 0.1) is 17.8 Å². The number of Topliss-reactive ketones (excluding diaryl/α,β-unsaturated/α-hetero) is 1. The second-order valence-electron chi connectivity index (χ2n) is 9.65. The number of carbonyl (C=O) groups is 2. The lowest BCUT2D eigenvalue weighted by Gasteiger charge is -2.20. The van der Waals surface area contributed by atoms with Crippen LogP contribution in [0.1, 0.15) is 51.2 Å². The Kier molecular flexibility index (Phi) is 9.91. The first-order chi connectivity index (χ1) is 16.8. The number of ether oxygens (including phenoxy) is 1. The number of para-hydroxylation sites is 1. The highest BCUT2D eigenvalue weighted by Gasteiger charge is 2.28. The van der Waals surface area contributed by atoms with Crippen LogP contribution in [0.25, 0.3) is 10.9 Å². The second kappa shape index (κ2) is 12.9. The van der Waals surface area contributed by atoms with Crippen molar-refractivity contribution in [2.75, 3.05) is 6.61 Å². The lowest BCUT2D eigenvalue weighted by atomic mass is 9.85. The van der Waals surface area contributed by atoms with E-state index in [9.17, 15) is 9.59 Å². The molecule has 0 N–H and O–H groups in total. The fourth-order valence-electron chi connectivity index (χ4n) is 4.65. The standard InChI is InChI=1S/C30H36BrNO3/c1-5-15-35-30(34)24(16-21(3)4)18-29(33)23(6-2)17-25-20-32(28-10-8-7-9-27(25)28)19-22-11-13-26(31)14-12-22/h5,7-14,20-21,23-24H,1,6,15-19H2,2-4H3/t23-,24+/m0/s1. The molecule has 2 aromatic carbocycles. The van der Waals surface area contributed by atoms with Crippen molar-refractivity contribution in [3.05, 3.63) is 83.0 Å². The minimum absolute atomic E-state index is 0.135. The summed E-state index contributed by atoms with van der Waals surface area (Å²) in [4.78, 5) is 26.0. The van der Waals surface area contributed by atoms with Gasteiger partial charge in [-0.2, -0.15) is 0 Å². The van der Waals surface area contributed by atoms with E-state index in [1.807, 2.05) is 6.07 Å². The molecule has 0 bridgehead atoms. The lowest BCUT2D eigenvalue weighted by molar-refractivity contribution is -0.150. The Morgan fingerprint density at radius 1 is 1.09 bits per heavy atom. The number of fused-ring (bicyclic) bond motifs is 1. The van der Waals surface area contributed by atoms with Crippen LogP contribution in [-0.2, 0) is 27.3 Å². The Hall–Kier alpha value is -2.66. The summed E-state index contributed by atoms with van der Waals surface area (Å²) < 4.78 is 8.62. The van der Waals surface area contributed by atoms with Crippen molar-refractivity contribution in [3.63, 3.8) is 0 Å². The van der Waals surface area contributed by atoms with Crippen LogP contribution in [0.5, 0.6) is 0 Å². The number of benzene rings is 2. The Bertz CT molecular complexity index is 1150. The first-order valence-corrected chi connectivity index (χ1v) is 13.2. The Morgan fingerprint density at radius 3 is 2.46 bits per heavy atom. The summed E-state index contributed by atoms with van der Waals surface area (Å²) in [5, 5.41) is 1.18. The third-order valence-electron chi connectivity index (χ3n) is 6.43. The van der Waals surface area contributed by atoms with E-state index in [2.05, 4.69) is 96.5 Å². The summed E-state index contributed by atoms with van der Waals surface area (Å²) in [5.41, 5.74) is 3.56. The molecule has 4 nitrogen and oxygen atoms in total. The SMILES string of the molecule is C=CCOC(=O)[C@@H](CC(=O)[C@@H](CC)Cc1cn(Cc2ccc(Br)cc2)c2ccccc12)CC(C)C. The quantitative estimate of drug-likeness (QED) is 0.169. The van der Waals surface area contributed by atoms with Gasteiger partial charge in [0.05, 0.1) is 5.92 Å². The Labute approximate surface area is 217 Å². The molecule has 0 spiro atoms. The van der Waals surface area contributed by atoms with Gasteiger partial charge in [0.25, 0.3) is 0 Å². The number of hydrogen-bond donors (Lipinski definition) is 0. The number of rotatable bonds is 13. The van der Waals surface area contributed by atoms with Crippen molar-refractivity contribution in [1.29, 1.82) is 0 Å². The van der Waals surface area contributed by atoms with Gasteiger partial charge in [-0.05, 0) is 54.5 Å². The maximum Gasteiger partial charge on any atom is 0.309 e. The van der Waals surface area contributed by atoms with Gasteiger partial charge in [-0.1, -0.05) is 79.7 Å². The third kappa shape index (κ3) is 7.41. The molecule has 0 aliphatic carbocycles. The molecule has 0 amide bonds. The summed E-state index contributed by atoms with van der Waals surface area (Å²) in [5.74, 6) is -0.397. The van der Waals surface area contributed by atoms with E-state index in [-0.39, 0.29) is 30.7 Å². The van der Waals surface area contributed by atoms with Gasteiger partial charge in [-0.3, -0.25) is 9.59 Å². The monoisotopic (exact) mass is 537 g/mol. The van der Waals surface area contributed by atoms with Crippen molar-refractivity contribution in [3.8, 4) is 0 Å². The number of hydrogen-bond acceptors (Lipinski definition) is 3. The van der Waals surface area contributed by atoms with E-state index in [1.165, 1.54) is 22.0 Å². The fourth-order valence-corrected chi connectivity index (χ4v) is 4.92. The zero-order valence-corrected chi connectivity index (χ0v) is 22.6. The number of nitrogens with zero attached hydrogens (tertiary/aromatic N) is 1. The van der Waals surface area contributed by atoms with E-state index in [1.54, 1.807) is 6.08 Å². The molecule has 0 saturated heterocycles. The minimum atomic E-state index is -0.407. The Balaban J connectivity index is 1.80. The highest BCUT2D eigenvalue weighted by molar-refractivity contribution is 9.10. The summed E-state index contributed by atoms with van der Waals surface area (Å²) >= 11 is 3.50. The third-order valence-corrected chi connectivity index (χ3v) is 6.96. The predicted molar refractivity (Wildman–Crippen MR) is 146 cm³/mol. The van der Waals surface area contributed by atoms with Gasteiger partial charge in [0, 0.05) is 40.5 Å². The number of aromatic nitrogens is 1. The van der Waals surface area contributed by atoms with E-state index in [0.29, 0.717) is 18.8 Å². The summed E-state index contributed by atoms with van der Waals surface area (Å²) in [6.07, 6.45) is 6.02. The van der Waals surface area contributed by atoms with Gasteiger partial charge in [-0.25, -0.2) is 0 Å². The maximum absolute atomic E-state index is 13.4. The van der Waals surface area contributed by atoms with Crippen LogP contribution in [0.2, 0.25) is 0 Å². The minimum Gasteiger partial charge on any atom is -0.461 e. The lowest BCUT2D eigenvalue weighted by Crippen LogP contribution is -2.26. The van der Waals surface area contributed by atoms with Crippen LogP contribution in [0.4, 0.5) is 0 Å². The van der Waals surface area contributed by atoms with Crippen molar-refractivity contribution < 1.29 is 14.3 Å². The number of carbonyl (C=O) groups excluding carboxylic acids is 2. The van der Waals surface area contributed by atoms with E-state index < -0.39 is 5.92 Å². The number of halogens is 1. The van der Waals surface area contributed by atoms with Gasteiger partial charge in [-0.15, -0.1) is 0 Å². The van der Waals surface area contributed by atoms with Crippen molar-refractivity contribution >= 4 is 38.6 Å². The highest BCUT2D eigenvalue weighted by Crippen LogP contribution is 2.28. The summed E-state index contributed by atoms with van der Waals surface area (Å²) in [6.45, 7) is 10.7. The molecule has 3 aromatic rings. The van der Waals surface area contributed by atoms with Crippen LogP contribution in [0.3, 0.4) is 0 Å². The molecule has 2 atom stereocenters. The summed E-state index contributed by atoms with van der Waals surface area (Å²) in [7, 11) is 0. The van der Waals surface area contributed by atoms with Crippen LogP contribution in [-0.4, -0.2) is 22.9 Å². The molecule has 0 radical (unpaired) electrons. The molecule has 0 aliphatic rings. The normalized spacial score (nSPS) is 13.1. The Morgan fingerprint density at radius 2 is 1.80 bits per heavy atom. The van der Waals surface area contributed by atoms with Crippen LogP contribution >= 0.6 is 15.9 Å². The van der Waals surface area contributed by atoms with Gasteiger partial charge in [0.2, 0.25) is 0 Å². The largest absolute Gasteiger partial charge is 0.461 e. The topological polar surface area (TPSA) is 48.3 Å². The smallest absolute Gasteiger partial charge is 0.309 e. The van der Waals surface area contributed by atoms with E-state index in [0.717, 1.165) is 17.4 Å². The number of ketones is 1. The molecule has 35 heavy (non-hydrogen) atoms. The zero-order valence-electron chi connectivity index (χ0n) is 21.0. The predicted octanol–water partition coefficient (Wildman–Crippen LogP) is 7.37. The molecular formula is C30H36BrNO3. The van der Waals surface area contributed by atoms with E-state index >= 15 is 0 Å². The van der Waals surface area contributed by atoms with Crippen LogP contribution < -0.4 is 0 Å². The number of esters is 1. The first kappa shape index (κ1) is 26.9. The highest BCUT2D eigenvalue weighted by atomic mass is 79.9. The zero-order chi connectivity index (χ0) is 25.4. The first-order valence-electron chi connectivity index (χ1n) is 12.4. The molecule has 186 valence electrons. The van der Waals surface area contributed by atoms with Gasteiger partial charge in [0.15, 0.2) is 0 Å². The van der Waals surface area contributed by atoms with E-state index in [4.69, 9.17) is 4.74 Å². The molecular weight excluding hydrogens is 502 g/mol. The van der Waals surface area contributed by atoms with Crippen molar-refractivity contribution in [2.24, 2.45) is 17.8 Å². The van der Waals surface area contributed by atoms with Crippen molar-refractivity contribution in [1.82, 2.24) is 4.57 Å². The van der Waals surface area contributed by atoms with Gasteiger partial charge < -0.3 is 9.30 Å². The average molecular weight is 539 g/mol. The molecule has 1 aromatic heterocycles. The maximum atomic E-state index is 13.4. The molecule has 0 fully saturated rings. The molecule has 0 saturated carbocycles. The molecule has 3 rings (SSSR count).